The van der Waals surface area contributed by atoms with Gasteiger partial charge in [-0.15, -0.1) is 11.8 Å². The maximum atomic E-state index is 12.6. The fourth-order valence-electron chi connectivity index (χ4n) is 5.37. The molecule has 6 rings (SSSR count). The van der Waals surface area contributed by atoms with Gasteiger partial charge in [0.15, 0.2) is 0 Å². The molecule has 4 aromatic carbocycles. The summed E-state index contributed by atoms with van der Waals surface area (Å²) in [6, 6.07) is 30.2. The van der Waals surface area contributed by atoms with E-state index >= 15 is 0 Å². The highest BCUT2D eigenvalue weighted by Gasteiger charge is 2.41. The van der Waals surface area contributed by atoms with Crippen LogP contribution in [-0.4, -0.2) is 45.5 Å². The quantitative estimate of drug-likeness (QED) is 0.230. The summed E-state index contributed by atoms with van der Waals surface area (Å²) in [5.41, 5.74) is 5.45. The SMILES string of the molecule is CC(C)(C)OC(=O)N1CC(Sc2ccc(-c3ccc(-c4cccc5c4oc4ccccc45)cc3)cc2)C[C@H]1C(=O)O. The van der Waals surface area contributed by atoms with Crippen molar-refractivity contribution in [1.82, 2.24) is 4.90 Å². The van der Waals surface area contributed by atoms with Crippen LogP contribution in [0.4, 0.5) is 4.79 Å². The molecule has 5 aromatic rings. The van der Waals surface area contributed by atoms with Crippen LogP contribution in [0.1, 0.15) is 27.2 Å². The summed E-state index contributed by atoms with van der Waals surface area (Å²) in [7, 11) is 0. The molecular weight excluding hydrogens is 534 g/mol. The smallest absolute Gasteiger partial charge is 0.411 e. The van der Waals surface area contributed by atoms with Gasteiger partial charge in [-0.3, -0.25) is 4.90 Å². The number of ether oxygens (including phenoxy) is 1. The zero-order valence-electron chi connectivity index (χ0n) is 23.2. The van der Waals surface area contributed by atoms with E-state index in [0.29, 0.717) is 13.0 Å². The number of rotatable bonds is 5. The fourth-order valence-corrected chi connectivity index (χ4v) is 6.57. The standard InChI is InChI=1S/C34H31NO5S/c1-34(2,3)40-33(38)35-20-25(19-29(35)32(36)37)41-24-17-15-22(16-18-24)21-11-13-23(14-12-21)26-8-6-9-28-27-7-4-5-10-30(27)39-31(26)28/h4-18,25,29H,19-20H2,1-3H3,(H,36,37)/t25?,29-/m0/s1. The predicted octanol–water partition coefficient (Wildman–Crippen LogP) is 8.47. The van der Waals surface area contributed by atoms with Crippen molar-refractivity contribution >= 4 is 45.8 Å². The van der Waals surface area contributed by atoms with Crippen molar-refractivity contribution in [3.63, 3.8) is 0 Å². The molecule has 1 amide bonds. The molecule has 1 aromatic heterocycles. The summed E-state index contributed by atoms with van der Waals surface area (Å²) in [6.45, 7) is 5.66. The highest BCUT2D eigenvalue weighted by Crippen LogP contribution is 2.37. The van der Waals surface area contributed by atoms with Gasteiger partial charge in [0, 0.05) is 33.0 Å². The van der Waals surface area contributed by atoms with E-state index in [9.17, 15) is 14.7 Å². The number of benzene rings is 4. The van der Waals surface area contributed by atoms with E-state index in [1.165, 1.54) is 4.90 Å². The minimum atomic E-state index is -1.01. The Balaban J connectivity index is 1.16. The normalized spacial score (nSPS) is 17.3. The largest absolute Gasteiger partial charge is 0.480 e. The van der Waals surface area contributed by atoms with Gasteiger partial charge in [-0.2, -0.15) is 0 Å². The second-order valence-corrected chi connectivity index (χ2v) is 12.7. The topological polar surface area (TPSA) is 80.0 Å². The first-order valence-corrected chi connectivity index (χ1v) is 14.5. The number of carbonyl (C=O) groups excluding carboxylic acids is 1. The van der Waals surface area contributed by atoms with Gasteiger partial charge in [0.1, 0.15) is 22.8 Å². The van der Waals surface area contributed by atoms with Gasteiger partial charge in [-0.25, -0.2) is 9.59 Å². The average Bonchev–Trinajstić information content (AvgIpc) is 3.55. The van der Waals surface area contributed by atoms with Crippen LogP contribution >= 0.6 is 11.8 Å². The van der Waals surface area contributed by atoms with Gasteiger partial charge in [0.2, 0.25) is 0 Å². The maximum Gasteiger partial charge on any atom is 0.411 e. The van der Waals surface area contributed by atoms with E-state index in [1.807, 2.05) is 18.2 Å². The van der Waals surface area contributed by atoms with Gasteiger partial charge < -0.3 is 14.3 Å². The molecule has 0 bridgehead atoms. The van der Waals surface area contributed by atoms with E-state index in [1.54, 1.807) is 32.5 Å². The minimum Gasteiger partial charge on any atom is -0.480 e. The number of carbonyl (C=O) groups is 2. The van der Waals surface area contributed by atoms with E-state index in [-0.39, 0.29) is 5.25 Å². The van der Waals surface area contributed by atoms with Crippen molar-refractivity contribution in [2.45, 2.75) is 49.0 Å². The number of carboxylic acid groups (broad SMARTS) is 1. The van der Waals surface area contributed by atoms with E-state index in [0.717, 1.165) is 49.1 Å². The molecule has 41 heavy (non-hydrogen) atoms. The van der Waals surface area contributed by atoms with Crippen molar-refractivity contribution in [3.8, 4) is 22.3 Å². The molecule has 1 saturated heterocycles. The lowest BCUT2D eigenvalue weighted by atomic mass is 9.99. The van der Waals surface area contributed by atoms with Gasteiger partial charge in [-0.05, 0) is 62.1 Å². The first kappa shape index (κ1) is 27.0. The fraction of sp³-hybridized carbons (Fsp3) is 0.235. The molecule has 2 heterocycles. The molecule has 0 radical (unpaired) electrons. The van der Waals surface area contributed by atoms with Gasteiger partial charge in [-0.1, -0.05) is 72.8 Å². The van der Waals surface area contributed by atoms with E-state index in [4.69, 9.17) is 9.15 Å². The molecule has 1 fully saturated rings. The number of aliphatic carboxylic acids is 1. The third-order valence-corrected chi connectivity index (χ3v) is 8.49. The van der Waals surface area contributed by atoms with Crippen LogP contribution in [0.25, 0.3) is 44.2 Å². The molecule has 6 nitrogen and oxygen atoms in total. The highest BCUT2D eigenvalue weighted by atomic mass is 32.2. The Hall–Kier alpha value is -4.23. The Morgan fingerprint density at radius 3 is 2.17 bits per heavy atom. The Morgan fingerprint density at radius 2 is 1.49 bits per heavy atom. The molecule has 0 spiro atoms. The number of fused-ring (bicyclic) bond motifs is 3. The molecule has 1 aliphatic heterocycles. The van der Waals surface area contributed by atoms with Crippen LogP contribution in [0.15, 0.2) is 100 Å². The number of nitrogens with zero attached hydrogens (tertiary/aromatic N) is 1. The molecule has 2 atom stereocenters. The monoisotopic (exact) mass is 565 g/mol. The first-order chi connectivity index (χ1) is 19.7. The highest BCUT2D eigenvalue weighted by molar-refractivity contribution is 8.00. The van der Waals surface area contributed by atoms with Gasteiger partial charge in [0.25, 0.3) is 0 Å². The number of amides is 1. The molecule has 1 unspecified atom stereocenters. The van der Waals surface area contributed by atoms with Crippen LogP contribution in [0.5, 0.6) is 0 Å². The Labute approximate surface area is 242 Å². The third kappa shape index (κ3) is 5.55. The van der Waals surface area contributed by atoms with Crippen LogP contribution in [0, 0.1) is 0 Å². The molecular formula is C34H31NO5S. The number of likely N-dealkylation sites (tertiary alicyclic amines) is 1. The number of hydrogen-bond donors (Lipinski definition) is 1. The molecule has 1 N–H and O–H groups in total. The Morgan fingerprint density at radius 1 is 0.854 bits per heavy atom. The zero-order chi connectivity index (χ0) is 28.7. The van der Waals surface area contributed by atoms with Gasteiger partial charge >= 0.3 is 12.1 Å². The zero-order valence-corrected chi connectivity index (χ0v) is 24.0. The molecule has 0 aliphatic carbocycles. The lowest BCUT2D eigenvalue weighted by Crippen LogP contribution is -2.43. The summed E-state index contributed by atoms with van der Waals surface area (Å²) in [6.07, 6.45) is -0.205. The van der Waals surface area contributed by atoms with Crippen LogP contribution in [0.3, 0.4) is 0 Å². The van der Waals surface area contributed by atoms with Crippen molar-refractivity contribution < 1.29 is 23.8 Å². The van der Waals surface area contributed by atoms with Crippen molar-refractivity contribution in [3.05, 3.63) is 91.0 Å². The van der Waals surface area contributed by atoms with Crippen LogP contribution in [0.2, 0.25) is 0 Å². The summed E-state index contributed by atoms with van der Waals surface area (Å²) < 4.78 is 11.7. The second kappa shape index (κ2) is 10.6. The Kier molecular flexibility index (Phi) is 6.99. The maximum absolute atomic E-state index is 12.6. The summed E-state index contributed by atoms with van der Waals surface area (Å²) in [4.78, 5) is 26.8. The van der Waals surface area contributed by atoms with Crippen molar-refractivity contribution in [2.24, 2.45) is 0 Å². The van der Waals surface area contributed by atoms with E-state index < -0.39 is 23.7 Å². The lowest BCUT2D eigenvalue weighted by Gasteiger charge is -2.26. The lowest BCUT2D eigenvalue weighted by molar-refractivity contribution is -0.142. The first-order valence-electron chi connectivity index (χ1n) is 13.7. The summed E-state index contributed by atoms with van der Waals surface area (Å²) in [5.74, 6) is -1.01. The predicted molar refractivity (Wildman–Crippen MR) is 163 cm³/mol. The molecule has 208 valence electrons. The number of hydrogen-bond acceptors (Lipinski definition) is 5. The van der Waals surface area contributed by atoms with Crippen molar-refractivity contribution in [2.75, 3.05) is 6.54 Å². The van der Waals surface area contributed by atoms with E-state index in [2.05, 4.69) is 72.8 Å². The molecule has 0 saturated carbocycles. The van der Waals surface area contributed by atoms with Crippen LogP contribution < -0.4 is 0 Å². The number of furan rings is 1. The summed E-state index contributed by atoms with van der Waals surface area (Å²) >= 11 is 1.59. The summed E-state index contributed by atoms with van der Waals surface area (Å²) in [5, 5.41) is 11.9. The minimum absolute atomic E-state index is 0.0327. The molecule has 7 heteroatoms. The number of para-hydroxylation sites is 2. The number of thioether (sulfide) groups is 1. The average molecular weight is 566 g/mol. The number of carboxylic acids is 1. The van der Waals surface area contributed by atoms with Gasteiger partial charge in [0.05, 0.1) is 0 Å². The van der Waals surface area contributed by atoms with Crippen LogP contribution in [-0.2, 0) is 9.53 Å². The second-order valence-electron chi connectivity index (χ2n) is 11.3. The van der Waals surface area contributed by atoms with Crippen molar-refractivity contribution in [1.29, 1.82) is 0 Å². The third-order valence-electron chi connectivity index (χ3n) is 7.27. The Bertz CT molecular complexity index is 1730. The molecule has 1 aliphatic rings.